The van der Waals surface area contributed by atoms with Crippen molar-refractivity contribution in [3.63, 3.8) is 0 Å². The molecule has 2 aromatic carbocycles. The van der Waals surface area contributed by atoms with Crippen LogP contribution in [-0.2, 0) is 4.79 Å². The van der Waals surface area contributed by atoms with Gasteiger partial charge in [0.15, 0.2) is 0 Å². The second-order valence-electron chi connectivity index (χ2n) is 8.66. The molecule has 0 aliphatic heterocycles. The smallest absolute Gasteiger partial charge is 0.329 e. The van der Waals surface area contributed by atoms with Crippen LogP contribution in [-0.4, -0.2) is 28.2 Å². The molecule has 2 fully saturated rings. The average molecular weight is 420 g/mol. The highest BCUT2D eigenvalue weighted by Crippen LogP contribution is 2.34. The Hall–Kier alpha value is -3.15. The first-order valence-electron chi connectivity index (χ1n) is 11.1. The van der Waals surface area contributed by atoms with E-state index in [1.807, 2.05) is 36.4 Å². The number of nitrogen functional groups attached to an aromatic ring is 1. The second-order valence-corrected chi connectivity index (χ2v) is 8.66. The summed E-state index contributed by atoms with van der Waals surface area (Å²) in [5.74, 6) is -1.05. The molecule has 0 unspecified atom stereocenters. The molecule has 6 nitrogen and oxygen atoms in total. The van der Waals surface area contributed by atoms with Gasteiger partial charge in [0.2, 0.25) is 0 Å². The summed E-state index contributed by atoms with van der Waals surface area (Å²) in [5, 5.41) is 12.2. The van der Waals surface area contributed by atoms with E-state index in [4.69, 9.17) is 10.7 Å². The highest BCUT2D eigenvalue weighted by Gasteiger charge is 2.45. The van der Waals surface area contributed by atoms with Crippen LogP contribution in [0, 0.1) is 5.92 Å². The summed E-state index contributed by atoms with van der Waals surface area (Å²) < 4.78 is 0. The summed E-state index contributed by atoms with van der Waals surface area (Å²) in [6.07, 6.45) is 7.47. The molecule has 4 N–H and O–H groups in total. The summed E-state index contributed by atoms with van der Waals surface area (Å²) in [5.41, 5.74) is 8.84. The van der Waals surface area contributed by atoms with E-state index in [-0.39, 0.29) is 0 Å². The van der Waals surface area contributed by atoms with Gasteiger partial charge < -0.3 is 16.2 Å². The van der Waals surface area contributed by atoms with E-state index in [1.54, 1.807) is 12.1 Å². The maximum Gasteiger partial charge on any atom is 0.329 e. The van der Waals surface area contributed by atoms with Crippen molar-refractivity contribution >= 4 is 29.0 Å². The van der Waals surface area contributed by atoms with Crippen LogP contribution in [0.5, 0.6) is 0 Å². The van der Waals surface area contributed by atoms with Gasteiger partial charge in [-0.2, -0.15) is 0 Å². The maximum atomic E-state index is 12.7. The predicted octanol–water partition coefficient (Wildman–Crippen LogP) is 4.71. The number of nitrogens with two attached hydrogens (primary N) is 1. The monoisotopic (exact) mass is 419 g/mol. The number of benzene rings is 2. The molecule has 162 valence electrons. The van der Waals surface area contributed by atoms with E-state index in [1.165, 1.54) is 19.3 Å². The number of carbonyl (C=O) groups excluding carboxylic acids is 1. The van der Waals surface area contributed by atoms with Crippen molar-refractivity contribution in [2.75, 3.05) is 5.73 Å². The van der Waals surface area contributed by atoms with E-state index >= 15 is 0 Å². The standard InChI is InChI=1S/C25H29N3O3/c26-21-16-18(23(29)28-25(24(30)31)14-7-15-25)12-13-20(21)22(17-8-3-1-4-9-17)27-19-10-5-2-6-11-19/h2,5-6,10-13,16-17H,1,3-4,7-9,14-15,26H2,(H,28,29)(H,30,31). The molecular weight excluding hydrogens is 390 g/mol. The van der Waals surface area contributed by atoms with Gasteiger partial charge in [-0.3, -0.25) is 9.79 Å². The number of hydrogen-bond donors (Lipinski definition) is 3. The topological polar surface area (TPSA) is 105 Å². The van der Waals surface area contributed by atoms with Gasteiger partial charge in [-0.25, -0.2) is 4.79 Å². The van der Waals surface area contributed by atoms with Gasteiger partial charge in [-0.05, 0) is 56.4 Å². The molecule has 0 saturated heterocycles. The first-order valence-corrected chi connectivity index (χ1v) is 11.1. The summed E-state index contributed by atoms with van der Waals surface area (Å²) in [4.78, 5) is 29.2. The number of nitrogens with one attached hydrogen (secondary N) is 1. The Morgan fingerprint density at radius 2 is 1.71 bits per heavy atom. The third-order valence-electron chi connectivity index (χ3n) is 6.56. The molecule has 0 bridgehead atoms. The lowest BCUT2D eigenvalue weighted by Crippen LogP contribution is -2.59. The SMILES string of the molecule is Nc1cc(C(=O)NC2(C(=O)O)CCC2)ccc1C(=Nc1ccccc1)C1CCCCC1. The first kappa shape index (κ1) is 21.1. The van der Waals surface area contributed by atoms with Gasteiger partial charge in [-0.15, -0.1) is 0 Å². The van der Waals surface area contributed by atoms with Crippen molar-refractivity contribution in [3.8, 4) is 0 Å². The molecule has 0 radical (unpaired) electrons. The lowest BCUT2D eigenvalue weighted by atomic mass is 9.76. The first-order chi connectivity index (χ1) is 15.0. The fourth-order valence-corrected chi connectivity index (χ4v) is 4.54. The van der Waals surface area contributed by atoms with Crippen molar-refractivity contribution in [3.05, 3.63) is 59.7 Å². The van der Waals surface area contributed by atoms with Gasteiger partial charge in [0, 0.05) is 22.7 Å². The third kappa shape index (κ3) is 4.48. The third-order valence-corrected chi connectivity index (χ3v) is 6.56. The van der Waals surface area contributed by atoms with Crippen LogP contribution in [0.1, 0.15) is 67.3 Å². The van der Waals surface area contributed by atoms with Crippen molar-refractivity contribution in [1.29, 1.82) is 0 Å². The number of rotatable bonds is 6. The molecule has 0 spiro atoms. The Balaban J connectivity index is 1.63. The largest absolute Gasteiger partial charge is 0.480 e. The highest BCUT2D eigenvalue weighted by atomic mass is 16.4. The number of anilines is 1. The molecule has 0 aromatic heterocycles. The van der Waals surface area contributed by atoms with E-state index in [0.717, 1.165) is 36.2 Å². The Kier molecular flexibility index (Phi) is 6.07. The molecule has 0 heterocycles. The summed E-state index contributed by atoms with van der Waals surface area (Å²) >= 11 is 0. The number of aliphatic carboxylic acids is 1. The van der Waals surface area contributed by atoms with Crippen molar-refractivity contribution in [2.45, 2.75) is 56.9 Å². The van der Waals surface area contributed by atoms with Crippen molar-refractivity contribution < 1.29 is 14.7 Å². The minimum atomic E-state index is -1.15. The fourth-order valence-electron chi connectivity index (χ4n) is 4.54. The lowest BCUT2D eigenvalue weighted by Gasteiger charge is -2.38. The number of aliphatic imine (C=N–C) groups is 1. The number of nitrogens with zero attached hydrogens (tertiary/aromatic N) is 1. The van der Waals surface area contributed by atoms with Crippen LogP contribution < -0.4 is 11.1 Å². The minimum absolute atomic E-state index is 0.334. The molecule has 2 saturated carbocycles. The Bertz CT molecular complexity index is 990. The van der Waals surface area contributed by atoms with Gasteiger partial charge in [0.25, 0.3) is 5.91 Å². The van der Waals surface area contributed by atoms with Crippen LogP contribution in [0.15, 0.2) is 53.5 Å². The summed E-state index contributed by atoms with van der Waals surface area (Å²) in [7, 11) is 0. The lowest BCUT2D eigenvalue weighted by molar-refractivity contribution is -0.148. The number of hydrogen-bond acceptors (Lipinski definition) is 4. The van der Waals surface area contributed by atoms with Gasteiger partial charge in [0.1, 0.15) is 5.54 Å². The van der Waals surface area contributed by atoms with Gasteiger partial charge in [-0.1, -0.05) is 43.5 Å². The molecule has 2 aliphatic rings. The number of carbonyl (C=O) groups is 2. The van der Waals surface area contributed by atoms with Crippen LogP contribution in [0.3, 0.4) is 0 Å². The Labute approximate surface area is 182 Å². The van der Waals surface area contributed by atoms with Gasteiger partial charge in [0.05, 0.1) is 11.4 Å². The van der Waals surface area contributed by atoms with Gasteiger partial charge >= 0.3 is 5.97 Å². The molecule has 6 heteroatoms. The summed E-state index contributed by atoms with van der Waals surface area (Å²) in [6.45, 7) is 0. The molecular formula is C25H29N3O3. The fraction of sp³-hybridized carbons (Fsp3) is 0.400. The summed E-state index contributed by atoms with van der Waals surface area (Å²) in [6, 6.07) is 15.1. The Morgan fingerprint density at radius 1 is 1.00 bits per heavy atom. The number of carboxylic acids is 1. The van der Waals surface area contributed by atoms with E-state index in [9.17, 15) is 14.7 Å². The van der Waals surface area contributed by atoms with E-state index in [2.05, 4.69) is 5.32 Å². The number of amides is 1. The molecule has 31 heavy (non-hydrogen) atoms. The average Bonchev–Trinajstić information content (AvgIpc) is 2.75. The van der Waals surface area contributed by atoms with Crippen molar-refractivity contribution in [1.82, 2.24) is 5.32 Å². The molecule has 2 aromatic rings. The zero-order valence-corrected chi connectivity index (χ0v) is 17.6. The molecule has 1 amide bonds. The van der Waals surface area contributed by atoms with Crippen LogP contribution in [0.25, 0.3) is 0 Å². The molecule has 4 rings (SSSR count). The zero-order valence-electron chi connectivity index (χ0n) is 17.6. The number of carboxylic acid groups (broad SMARTS) is 1. The maximum absolute atomic E-state index is 12.7. The highest BCUT2D eigenvalue weighted by molar-refractivity contribution is 6.09. The van der Waals surface area contributed by atoms with Crippen LogP contribution in [0.4, 0.5) is 11.4 Å². The van der Waals surface area contributed by atoms with Crippen LogP contribution in [0.2, 0.25) is 0 Å². The zero-order chi connectivity index (χ0) is 21.8. The second kappa shape index (κ2) is 8.92. The normalized spacial score (nSPS) is 18.8. The predicted molar refractivity (Wildman–Crippen MR) is 122 cm³/mol. The Morgan fingerprint density at radius 3 is 2.29 bits per heavy atom. The minimum Gasteiger partial charge on any atom is -0.480 e. The van der Waals surface area contributed by atoms with Crippen LogP contribution >= 0.6 is 0 Å². The van der Waals surface area contributed by atoms with Crippen molar-refractivity contribution in [2.24, 2.45) is 10.9 Å². The number of para-hydroxylation sites is 1. The molecule has 2 aliphatic carbocycles. The molecule has 0 atom stereocenters. The quantitative estimate of drug-likeness (QED) is 0.466. The van der Waals surface area contributed by atoms with E-state index in [0.29, 0.717) is 30.0 Å². The van der Waals surface area contributed by atoms with E-state index < -0.39 is 17.4 Å².